The highest BCUT2D eigenvalue weighted by molar-refractivity contribution is 6.31. The predicted molar refractivity (Wildman–Crippen MR) is 55.9 cm³/mol. The van der Waals surface area contributed by atoms with Crippen molar-refractivity contribution in [2.45, 2.75) is 0 Å². The highest BCUT2D eigenvalue weighted by Gasteiger charge is 2.04. The number of aromatic nitrogens is 4. The van der Waals surface area contributed by atoms with Crippen LogP contribution in [0.2, 0.25) is 5.02 Å². The van der Waals surface area contributed by atoms with Crippen LogP contribution in [0.4, 0.5) is 0 Å². The number of benzene rings is 1. The SMILES string of the molecule is NN=Cc1cc(Cl)ccc1-n1cnnn1. The van der Waals surface area contributed by atoms with E-state index >= 15 is 0 Å². The average Bonchev–Trinajstić information content (AvgIpc) is 2.71. The monoisotopic (exact) mass is 222 g/mol. The molecule has 2 rings (SSSR count). The van der Waals surface area contributed by atoms with Crippen molar-refractivity contribution < 1.29 is 0 Å². The first-order valence-electron chi connectivity index (χ1n) is 4.07. The molecule has 0 spiro atoms. The van der Waals surface area contributed by atoms with Gasteiger partial charge in [-0.3, -0.25) is 0 Å². The van der Waals surface area contributed by atoms with Crippen molar-refractivity contribution in [3.8, 4) is 5.69 Å². The summed E-state index contributed by atoms with van der Waals surface area (Å²) >= 11 is 5.85. The van der Waals surface area contributed by atoms with E-state index in [-0.39, 0.29) is 0 Å². The molecule has 2 N–H and O–H groups in total. The van der Waals surface area contributed by atoms with Crippen LogP contribution in [0.3, 0.4) is 0 Å². The summed E-state index contributed by atoms with van der Waals surface area (Å²) in [4.78, 5) is 0. The topological polar surface area (TPSA) is 82.0 Å². The molecule has 1 heterocycles. The summed E-state index contributed by atoms with van der Waals surface area (Å²) in [5.41, 5.74) is 1.51. The fourth-order valence-electron chi connectivity index (χ4n) is 1.19. The summed E-state index contributed by atoms with van der Waals surface area (Å²) in [7, 11) is 0. The third kappa shape index (κ3) is 1.94. The molecular formula is C8H7ClN6. The van der Waals surface area contributed by atoms with Crippen LogP contribution in [0.1, 0.15) is 5.56 Å². The Morgan fingerprint density at radius 2 is 2.33 bits per heavy atom. The van der Waals surface area contributed by atoms with E-state index in [1.54, 1.807) is 18.2 Å². The van der Waals surface area contributed by atoms with Crippen molar-refractivity contribution in [3.63, 3.8) is 0 Å². The van der Waals surface area contributed by atoms with Crippen LogP contribution in [0.5, 0.6) is 0 Å². The van der Waals surface area contributed by atoms with Gasteiger partial charge in [0.05, 0.1) is 11.9 Å². The number of hydrogen-bond acceptors (Lipinski definition) is 5. The lowest BCUT2D eigenvalue weighted by molar-refractivity contribution is 0.788. The van der Waals surface area contributed by atoms with Crippen LogP contribution in [-0.4, -0.2) is 26.4 Å². The molecule has 0 bridgehead atoms. The second kappa shape index (κ2) is 4.05. The van der Waals surface area contributed by atoms with E-state index in [0.717, 1.165) is 11.3 Å². The van der Waals surface area contributed by atoms with Crippen molar-refractivity contribution in [2.24, 2.45) is 10.9 Å². The lowest BCUT2D eigenvalue weighted by Gasteiger charge is -2.03. The Bertz CT molecular complexity index is 478. The maximum atomic E-state index is 5.85. The highest BCUT2D eigenvalue weighted by atomic mass is 35.5. The summed E-state index contributed by atoms with van der Waals surface area (Å²) in [6.07, 6.45) is 2.97. The molecule has 0 fully saturated rings. The molecular weight excluding hydrogens is 216 g/mol. The Morgan fingerprint density at radius 1 is 1.47 bits per heavy atom. The zero-order chi connectivity index (χ0) is 10.7. The molecule has 0 aliphatic rings. The van der Waals surface area contributed by atoms with Gasteiger partial charge in [0.25, 0.3) is 0 Å². The van der Waals surface area contributed by atoms with Gasteiger partial charge in [-0.2, -0.15) is 9.78 Å². The Kier molecular flexibility index (Phi) is 2.59. The van der Waals surface area contributed by atoms with Gasteiger partial charge in [-0.05, 0) is 28.6 Å². The number of halogens is 1. The normalized spacial score (nSPS) is 11.0. The maximum absolute atomic E-state index is 5.85. The summed E-state index contributed by atoms with van der Waals surface area (Å²) in [6, 6.07) is 5.26. The number of hydrazone groups is 1. The van der Waals surface area contributed by atoms with Crippen LogP contribution >= 0.6 is 11.6 Å². The number of nitrogens with zero attached hydrogens (tertiary/aromatic N) is 5. The minimum absolute atomic E-state index is 0.599. The van der Waals surface area contributed by atoms with Gasteiger partial charge in [0, 0.05) is 10.6 Å². The van der Waals surface area contributed by atoms with Crippen molar-refractivity contribution in [1.82, 2.24) is 20.2 Å². The molecule has 0 aliphatic heterocycles. The van der Waals surface area contributed by atoms with Crippen LogP contribution in [0, 0.1) is 0 Å². The zero-order valence-electron chi connectivity index (χ0n) is 7.58. The maximum Gasteiger partial charge on any atom is 0.143 e. The third-order valence-electron chi connectivity index (χ3n) is 1.80. The molecule has 1 aromatic carbocycles. The highest BCUT2D eigenvalue weighted by Crippen LogP contribution is 2.17. The molecule has 76 valence electrons. The standard InChI is InChI=1S/C8H7ClN6/c9-7-1-2-8(6(3-7)4-11-10)15-5-12-13-14-15/h1-5H,10H2. The van der Waals surface area contributed by atoms with Gasteiger partial charge in [0.2, 0.25) is 0 Å². The Balaban J connectivity index is 2.56. The summed E-state index contributed by atoms with van der Waals surface area (Å²) < 4.78 is 1.51. The van der Waals surface area contributed by atoms with Crippen molar-refractivity contribution in [1.29, 1.82) is 0 Å². The molecule has 2 aromatic rings. The molecule has 0 amide bonds. The van der Waals surface area contributed by atoms with Crippen LogP contribution in [0.25, 0.3) is 5.69 Å². The van der Waals surface area contributed by atoms with E-state index in [0.29, 0.717) is 5.02 Å². The Hall–Kier alpha value is -1.95. The minimum atomic E-state index is 0.599. The van der Waals surface area contributed by atoms with E-state index in [1.165, 1.54) is 17.2 Å². The molecule has 0 saturated heterocycles. The summed E-state index contributed by atoms with van der Waals surface area (Å²) in [5.74, 6) is 5.10. The first-order chi connectivity index (χ1) is 7.31. The molecule has 6 nitrogen and oxygen atoms in total. The average molecular weight is 223 g/mol. The first kappa shape index (κ1) is 9.60. The van der Waals surface area contributed by atoms with Crippen molar-refractivity contribution in [2.75, 3.05) is 0 Å². The van der Waals surface area contributed by atoms with E-state index in [1.807, 2.05) is 0 Å². The Morgan fingerprint density at radius 3 is 3.00 bits per heavy atom. The largest absolute Gasteiger partial charge is 0.323 e. The van der Waals surface area contributed by atoms with Gasteiger partial charge in [-0.1, -0.05) is 11.6 Å². The molecule has 7 heteroatoms. The van der Waals surface area contributed by atoms with Gasteiger partial charge >= 0.3 is 0 Å². The van der Waals surface area contributed by atoms with Crippen molar-refractivity contribution in [3.05, 3.63) is 35.1 Å². The van der Waals surface area contributed by atoms with Gasteiger partial charge in [-0.15, -0.1) is 5.10 Å². The lowest BCUT2D eigenvalue weighted by atomic mass is 10.2. The lowest BCUT2D eigenvalue weighted by Crippen LogP contribution is -2.01. The van der Waals surface area contributed by atoms with Gasteiger partial charge in [0.1, 0.15) is 6.33 Å². The van der Waals surface area contributed by atoms with Gasteiger partial charge in [0.15, 0.2) is 0 Å². The molecule has 0 radical (unpaired) electrons. The number of hydrogen-bond donors (Lipinski definition) is 1. The smallest absolute Gasteiger partial charge is 0.143 e. The minimum Gasteiger partial charge on any atom is -0.323 e. The predicted octanol–water partition coefficient (Wildman–Crippen LogP) is 0.608. The quantitative estimate of drug-likeness (QED) is 0.459. The van der Waals surface area contributed by atoms with Crippen LogP contribution < -0.4 is 5.84 Å². The van der Waals surface area contributed by atoms with E-state index < -0.39 is 0 Å². The van der Waals surface area contributed by atoms with E-state index in [4.69, 9.17) is 17.4 Å². The molecule has 1 aromatic heterocycles. The summed E-state index contributed by atoms with van der Waals surface area (Å²) in [5, 5.41) is 14.9. The van der Waals surface area contributed by atoms with Gasteiger partial charge in [-0.25, -0.2) is 0 Å². The molecule has 0 saturated carbocycles. The fourth-order valence-corrected chi connectivity index (χ4v) is 1.37. The van der Waals surface area contributed by atoms with E-state index in [2.05, 4.69) is 20.6 Å². The molecule has 0 aliphatic carbocycles. The number of nitrogens with two attached hydrogens (primary N) is 1. The first-order valence-corrected chi connectivity index (χ1v) is 4.45. The summed E-state index contributed by atoms with van der Waals surface area (Å²) in [6.45, 7) is 0. The second-order valence-corrected chi connectivity index (χ2v) is 3.17. The van der Waals surface area contributed by atoms with Crippen LogP contribution in [0.15, 0.2) is 29.6 Å². The zero-order valence-corrected chi connectivity index (χ0v) is 8.33. The number of rotatable bonds is 2. The Labute approximate surface area is 90.3 Å². The molecule has 15 heavy (non-hydrogen) atoms. The molecule has 0 unspecified atom stereocenters. The van der Waals surface area contributed by atoms with Crippen LogP contribution in [-0.2, 0) is 0 Å². The van der Waals surface area contributed by atoms with E-state index in [9.17, 15) is 0 Å². The fraction of sp³-hybridized carbons (Fsp3) is 0. The second-order valence-electron chi connectivity index (χ2n) is 2.74. The third-order valence-corrected chi connectivity index (χ3v) is 2.03. The number of tetrazole rings is 1. The van der Waals surface area contributed by atoms with Gasteiger partial charge < -0.3 is 5.84 Å². The molecule has 0 atom stereocenters. The van der Waals surface area contributed by atoms with Crippen molar-refractivity contribution >= 4 is 17.8 Å².